The summed E-state index contributed by atoms with van der Waals surface area (Å²) in [6.07, 6.45) is 0. The Morgan fingerprint density at radius 2 is 1.79 bits per heavy atom. The summed E-state index contributed by atoms with van der Waals surface area (Å²) < 4.78 is 5.93. The van der Waals surface area contributed by atoms with E-state index in [2.05, 4.69) is 5.32 Å². The fourth-order valence-corrected chi connectivity index (χ4v) is 3.42. The number of anilines is 1. The molecule has 1 N–H and O–H groups in total. The molecule has 0 aliphatic carbocycles. The Morgan fingerprint density at radius 1 is 1.07 bits per heavy atom. The zero-order valence-corrected chi connectivity index (χ0v) is 16.4. The predicted octanol–water partition coefficient (Wildman–Crippen LogP) is 2.61. The maximum atomic E-state index is 13.4. The molecule has 1 aliphatic rings. The van der Waals surface area contributed by atoms with Crippen molar-refractivity contribution in [2.24, 2.45) is 0 Å². The van der Waals surface area contributed by atoms with E-state index in [9.17, 15) is 9.59 Å². The number of hydrogen-bond donors (Lipinski definition) is 1. The molecule has 0 unspecified atom stereocenters. The molecule has 0 bridgehead atoms. The molecule has 0 spiro atoms. The minimum absolute atomic E-state index is 0.0456. The van der Waals surface area contributed by atoms with Gasteiger partial charge in [0.2, 0.25) is 11.8 Å². The SMILES string of the molecule is CCNC(=O)CN(CC)CC(=O)N1c2ccccc2OC[C@H]1c1ccccc1. The average Bonchev–Trinajstić information content (AvgIpc) is 2.73. The van der Waals surface area contributed by atoms with Gasteiger partial charge in [0.05, 0.1) is 24.8 Å². The third-order valence-electron chi connectivity index (χ3n) is 4.83. The Bertz CT molecular complexity index is 810. The van der Waals surface area contributed by atoms with Crippen molar-refractivity contribution in [2.75, 3.05) is 37.7 Å². The van der Waals surface area contributed by atoms with Gasteiger partial charge in [0.15, 0.2) is 0 Å². The molecule has 3 rings (SSSR count). The standard InChI is InChI=1S/C22H27N3O3/c1-3-23-21(26)14-24(4-2)15-22(27)25-18-12-8-9-13-20(18)28-16-19(25)17-10-6-5-7-11-17/h5-13,19H,3-4,14-16H2,1-2H3,(H,23,26)/t19-/m0/s1. The van der Waals surface area contributed by atoms with Gasteiger partial charge in [-0.15, -0.1) is 0 Å². The first-order valence-electron chi connectivity index (χ1n) is 9.71. The molecule has 28 heavy (non-hydrogen) atoms. The molecule has 6 heteroatoms. The van der Waals surface area contributed by atoms with Crippen molar-refractivity contribution in [3.63, 3.8) is 0 Å². The first kappa shape index (κ1) is 19.9. The molecule has 148 valence electrons. The van der Waals surface area contributed by atoms with Crippen molar-refractivity contribution >= 4 is 17.5 Å². The number of benzene rings is 2. The van der Waals surface area contributed by atoms with Crippen molar-refractivity contribution in [2.45, 2.75) is 19.9 Å². The summed E-state index contributed by atoms with van der Waals surface area (Å²) in [5.74, 6) is 0.588. The van der Waals surface area contributed by atoms with E-state index < -0.39 is 0 Å². The number of fused-ring (bicyclic) bond motifs is 1. The zero-order chi connectivity index (χ0) is 19.9. The summed E-state index contributed by atoms with van der Waals surface area (Å²) in [6.45, 7) is 5.81. The number of hydrogen-bond acceptors (Lipinski definition) is 4. The summed E-state index contributed by atoms with van der Waals surface area (Å²) >= 11 is 0. The number of nitrogens with one attached hydrogen (secondary N) is 1. The fourth-order valence-electron chi connectivity index (χ4n) is 3.42. The quantitative estimate of drug-likeness (QED) is 0.801. The van der Waals surface area contributed by atoms with Gasteiger partial charge in [0.1, 0.15) is 12.4 Å². The minimum Gasteiger partial charge on any atom is -0.489 e. The predicted molar refractivity (Wildman–Crippen MR) is 109 cm³/mol. The van der Waals surface area contributed by atoms with Crippen molar-refractivity contribution in [1.29, 1.82) is 0 Å². The van der Waals surface area contributed by atoms with Gasteiger partial charge >= 0.3 is 0 Å². The van der Waals surface area contributed by atoms with Gasteiger partial charge in [0.25, 0.3) is 0 Å². The molecule has 2 aromatic carbocycles. The highest BCUT2D eigenvalue weighted by atomic mass is 16.5. The lowest BCUT2D eigenvalue weighted by molar-refractivity contribution is -0.124. The molecule has 0 fully saturated rings. The summed E-state index contributed by atoms with van der Waals surface area (Å²) in [4.78, 5) is 29.0. The fraction of sp³-hybridized carbons (Fsp3) is 0.364. The molecular weight excluding hydrogens is 354 g/mol. The summed E-state index contributed by atoms with van der Waals surface area (Å²) in [7, 11) is 0. The van der Waals surface area contributed by atoms with E-state index in [0.29, 0.717) is 25.4 Å². The summed E-state index contributed by atoms with van der Waals surface area (Å²) in [6, 6.07) is 17.3. The number of carbonyl (C=O) groups excluding carboxylic acids is 2. The Labute approximate surface area is 166 Å². The highest BCUT2D eigenvalue weighted by Crippen LogP contribution is 2.39. The Morgan fingerprint density at radius 3 is 2.50 bits per heavy atom. The number of carbonyl (C=O) groups is 2. The molecule has 1 aliphatic heterocycles. The van der Waals surface area contributed by atoms with Crippen LogP contribution in [0.25, 0.3) is 0 Å². The summed E-state index contributed by atoms with van der Waals surface area (Å²) in [5, 5.41) is 2.79. The smallest absolute Gasteiger partial charge is 0.241 e. The molecular formula is C22H27N3O3. The van der Waals surface area contributed by atoms with Gasteiger partial charge in [-0.25, -0.2) is 0 Å². The van der Waals surface area contributed by atoms with Crippen LogP contribution in [-0.2, 0) is 9.59 Å². The summed E-state index contributed by atoms with van der Waals surface area (Å²) in [5.41, 5.74) is 1.79. The second-order valence-electron chi connectivity index (χ2n) is 6.73. The van der Waals surface area contributed by atoms with Crippen LogP contribution in [0.4, 0.5) is 5.69 Å². The molecule has 1 heterocycles. The third-order valence-corrected chi connectivity index (χ3v) is 4.83. The van der Waals surface area contributed by atoms with E-state index in [1.165, 1.54) is 0 Å². The molecule has 1 atom stereocenters. The van der Waals surface area contributed by atoms with Gasteiger partial charge in [0, 0.05) is 6.54 Å². The number of amides is 2. The van der Waals surface area contributed by atoms with Crippen molar-refractivity contribution < 1.29 is 14.3 Å². The van der Waals surface area contributed by atoms with Crippen LogP contribution in [0.1, 0.15) is 25.5 Å². The number of ether oxygens (including phenoxy) is 1. The largest absolute Gasteiger partial charge is 0.489 e. The second kappa shape index (κ2) is 9.37. The minimum atomic E-state index is -0.202. The maximum absolute atomic E-state index is 13.4. The van der Waals surface area contributed by atoms with Gasteiger partial charge in [-0.3, -0.25) is 19.4 Å². The molecule has 0 radical (unpaired) electrons. The van der Waals surface area contributed by atoms with Crippen LogP contribution >= 0.6 is 0 Å². The van der Waals surface area contributed by atoms with Gasteiger partial charge in [-0.05, 0) is 31.2 Å². The van der Waals surface area contributed by atoms with E-state index in [4.69, 9.17) is 4.74 Å². The van der Waals surface area contributed by atoms with Gasteiger partial charge in [-0.1, -0.05) is 49.4 Å². The molecule has 0 saturated heterocycles. The molecule has 0 aromatic heterocycles. The monoisotopic (exact) mass is 381 g/mol. The lowest BCUT2D eigenvalue weighted by atomic mass is 10.0. The van der Waals surface area contributed by atoms with Crippen molar-refractivity contribution in [1.82, 2.24) is 10.2 Å². The number of para-hydroxylation sites is 2. The lowest BCUT2D eigenvalue weighted by Gasteiger charge is -2.38. The molecule has 0 saturated carbocycles. The number of likely N-dealkylation sites (N-methyl/N-ethyl adjacent to an activating group) is 2. The Kier molecular flexibility index (Phi) is 6.66. The molecule has 2 aromatic rings. The Hall–Kier alpha value is -2.86. The van der Waals surface area contributed by atoms with E-state index in [1.54, 1.807) is 0 Å². The van der Waals surface area contributed by atoms with Crippen LogP contribution in [0.15, 0.2) is 54.6 Å². The van der Waals surface area contributed by atoms with Crippen LogP contribution < -0.4 is 15.0 Å². The van der Waals surface area contributed by atoms with E-state index in [-0.39, 0.29) is 30.9 Å². The average molecular weight is 381 g/mol. The third kappa shape index (κ3) is 4.51. The first-order valence-corrected chi connectivity index (χ1v) is 9.71. The molecule has 2 amide bonds. The Balaban J connectivity index is 1.85. The number of nitrogens with zero attached hydrogens (tertiary/aromatic N) is 2. The van der Waals surface area contributed by atoms with Crippen LogP contribution in [0, 0.1) is 0 Å². The van der Waals surface area contributed by atoms with E-state index >= 15 is 0 Å². The normalized spacial score (nSPS) is 15.7. The highest BCUT2D eigenvalue weighted by molar-refractivity contribution is 5.97. The molecule has 6 nitrogen and oxygen atoms in total. The van der Waals surface area contributed by atoms with Crippen LogP contribution in [-0.4, -0.2) is 49.5 Å². The van der Waals surface area contributed by atoms with E-state index in [0.717, 1.165) is 11.3 Å². The van der Waals surface area contributed by atoms with Crippen LogP contribution in [0.5, 0.6) is 5.75 Å². The topological polar surface area (TPSA) is 61.9 Å². The van der Waals surface area contributed by atoms with Crippen molar-refractivity contribution in [3.8, 4) is 5.75 Å². The maximum Gasteiger partial charge on any atom is 0.241 e. The zero-order valence-electron chi connectivity index (χ0n) is 16.4. The second-order valence-corrected chi connectivity index (χ2v) is 6.73. The first-order chi connectivity index (χ1) is 13.6. The lowest BCUT2D eigenvalue weighted by Crippen LogP contribution is -2.47. The van der Waals surface area contributed by atoms with Crippen molar-refractivity contribution in [3.05, 3.63) is 60.2 Å². The van der Waals surface area contributed by atoms with E-state index in [1.807, 2.05) is 78.2 Å². The number of rotatable bonds is 7. The van der Waals surface area contributed by atoms with Gasteiger partial charge in [-0.2, -0.15) is 0 Å². The van der Waals surface area contributed by atoms with Crippen LogP contribution in [0.2, 0.25) is 0 Å². The van der Waals surface area contributed by atoms with Gasteiger partial charge < -0.3 is 10.1 Å². The van der Waals surface area contributed by atoms with Crippen LogP contribution in [0.3, 0.4) is 0 Å². The highest BCUT2D eigenvalue weighted by Gasteiger charge is 2.33.